The third-order valence-electron chi connectivity index (χ3n) is 3.17. The molecule has 118 valence electrons. The van der Waals surface area contributed by atoms with Gasteiger partial charge in [0.25, 0.3) is 0 Å². The number of benzene rings is 1. The minimum absolute atomic E-state index is 0.142. The van der Waals surface area contributed by atoms with Crippen LogP contribution in [0.4, 0.5) is 0 Å². The maximum atomic E-state index is 12.6. The van der Waals surface area contributed by atoms with Gasteiger partial charge in [0.1, 0.15) is 11.8 Å². The van der Waals surface area contributed by atoms with Gasteiger partial charge >= 0.3 is 0 Å². The standard InChI is InChI=1S/C15H12N2O4S2/c1-3-6-23(19,20)15-17-16-14(22-15)11-8-21-12-5-4-9(2)7-10(12)13(11)18/h3-5,7-8H,1,6H2,2H3. The van der Waals surface area contributed by atoms with Crippen LogP contribution in [0.3, 0.4) is 0 Å². The Labute approximate surface area is 136 Å². The van der Waals surface area contributed by atoms with E-state index >= 15 is 0 Å². The maximum absolute atomic E-state index is 12.6. The molecule has 0 unspecified atom stereocenters. The van der Waals surface area contributed by atoms with Gasteiger partial charge in [-0.25, -0.2) is 8.42 Å². The molecule has 0 spiro atoms. The first-order valence-electron chi connectivity index (χ1n) is 6.62. The number of hydrogen-bond donors (Lipinski definition) is 0. The van der Waals surface area contributed by atoms with Gasteiger partial charge in [0.05, 0.1) is 16.7 Å². The fraction of sp³-hybridized carbons (Fsp3) is 0.133. The summed E-state index contributed by atoms with van der Waals surface area (Å²) in [6.45, 7) is 5.28. The van der Waals surface area contributed by atoms with E-state index in [9.17, 15) is 13.2 Å². The minimum atomic E-state index is -3.57. The molecule has 0 saturated carbocycles. The van der Waals surface area contributed by atoms with Crippen LogP contribution in [0.2, 0.25) is 0 Å². The summed E-state index contributed by atoms with van der Waals surface area (Å²) in [7, 11) is -3.57. The zero-order valence-electron chi connectivity index (χ0n) is 12.1. The van der Waals surface area contributed by atoms with Gasteiger partial charge < -0.3 is 4.42 Å². The molecule has 2 heterocycles. The molecule has 8 heteroatoms. The highest BCUT2D eigenvalue weighted by Crippen LogP contribution is 2.26. The molecule has 1 aromatic carbocycles. The molecular weight excluding hydrogens is 336 g/mol. The van der Waals surface area contributed by atoms with Crippen molar-refractivity contribution in [2.45, 2.75) is 11.3 Å². The smallest absolute Gasteiger partial charge is 0.233 e. The number of aryl methyl sites for hydroxylation is 1. The SMILES string of the molecule is C=CCS(=O)(=O)c1nnc(-c2coc3ccc(C)cc3c2=O)s1. The molecule has 0 aliphatic carbocycles. The highest BCUT2D eigenvalue weighted by atomic mass is 32.2. The number of sulfone groups is 1. The van der Waals surface area contributed by atoms with Crippen LogP contribution in [-0.4, -0.2) is 24.4 Å². The largest absolute Gasteiger partial charge is 0.463 e. The Bertz CT molecular complexity index is 1060. The van der Waals surface area contributed by atoms with Gasteiger partial charge in [-0.15, -0.1) is 16.8 Å². The predicted molar refractivity (Wildman–Crippen MR) is 88.4 cm³/mol. The van der Waals surface area contributed by atoms with Crippen molar-refractivity contribution in [3.05, 3.63) is 52.9 Å². The topological polar surface area (TPSA) is 90.1 Å². The molecule has 23 heavy (non-hydrogen) atoms. The van der Waals surface area contributed by atoms with Crippen molar-refractivity contribution in [1.82, 2.24) is 10.2 Å². The molecule has 0 aliphatic rings. The third kappa shape index (κ3) is 2.82. The molecule has 0 fully saturated rings. The first-order valence-corrected chi connectivity index (χ1v) is 9.09. The van der Waals surface area contributed by atoms with Gasteiger partial charge in [-0.05, 0) is 19.1 Å². The van der Waals surface area contributed by atoms with E-state index in [1.54, 1.807) is 12.1 Å². The van der Waals surface area contributed by atoms with Crippen molar-refractivity contribution in [1.29, 1.82) is 0 Å². The summed E-state index contributed by atoms with van der Waals surface area (Å²) < 4.78 is 29.2. The van der Waals surface area contributed by atoms with Crippen molar-refractivity contribution in [2.75, 3.05) is 5.75 Å². The first-order chi connectivity index (χ1) is 10.9. The van der Waals surface area contributed by atoms with Gasteiger partial charge in [0, 0.05) is 0 Å². The second-order valence-corrected chi connectivity index (χ2v) is 8.11. The minimum Gasteiger partial charge on any atom is -0.463 e. The number of nitrogens with zero attached hydrogens (tertiary/aromatic N) is 2. The van der Waals surface area contributed by atoms with E-state index in [4.69, 9.17) is 4.42 Å². The summed E-state index contributed by atoms with van der Waals surface area (Å²) in [5, 5.41) is 8.13. The Balaban J connectivity index is 2.15. The number of rotatable bonds is 4. The van der Waals surface area contributed by atoms with E-state index in [1.807, 2.05) is 13.0 Å². The summed E-state index contributed by atoms with van der Waals surface area (Å²) in [6, 6.07) is 5.28. The molecule has 0 aliphatic heterocycles. The van der Waals surface area contributed by atoms with Crippen LogP contribution >= 0.6 is 11.3 Å². The zero-order chi connectivity index (χ0) is 16.6. The second kappa shape index (κ2) is 5.71. The molecule has 0 N–H and O–H groups in total. The predicted octanol–water partition coefficient (Wildman–Crippen LogP) is 2.58. The van der Waals surface area contributed by atoms with Crippen LogP contribution in [0.15, 0.2) is 50.7 Å². The Morgan fingerprint density at radius 1 is 1.35 bits per heavy atom. The summed E-state index contributed by atoms with van der Waals surface area (Å²) >= 11 is 0.842. The quantitative estimate of drug-likeness (QED) is 0.673. The van der Waals surface area contributed by atoms with Gasteiger partial charge in [-0.2, -0.15) is 0 Å². The molecule has 0 atom stereocenters. The van der Waals surface area contributed by atoms with E-state index in [0.29, 0.717) is 11.0 Å². The Morgan fingerprint density at radius 2 is 2.13 bits per heavy atom. The van der Waals surface area contributed by atoms with Crippen LogP contribution < -0.4 is 5.43 Å². The Morgan fingerprint density at radius 3 is 2.87 bits per heavy atom. The average Bonchev–Trinajstić information content (AvgIpc) is 2.99. The van der Waals surface area contributed by atoms with Crippen molar-refractivity contribution in [2.24, 2.45) is 0 Å². The molecule has 6 nitrogen and oxygen atoms in total. The summed E-state index contributed by atoms with van der Waals surface area (Å²) in [5.74, 6) is -0.229. The van der Waals surface area contributed by atoms with E-state index in [2.05, 4.69) is 16.8 Å². The lowest BCUT2D eigenvalue weighted by Crippen LogP contribution is -2.04. The van der Waals surface area contributed by atoms with Gasteiger partial charge in [0.15, 0.2) is 5.01 Å². The lowest BCUT2D eigenvalue weighted by atomic mass is 10.1. The number of aromatic nitrogens is 2. The van der Waals surface area contributed by atoms with Crippen LogP contribution in [-0.2, 0) is 9.84 Å². The lowest BCUT2D eigenvalue weighted by molar-refractivity contribution is 0.597. The van der Waals surface area contributed by atoms with E-state index < -0.39 is 9.84 Å². The summed E-state index contributed by atoms with van der Waals surface area (Å²) in [4.78, 5) is 12.6. The van der Waals surface area contributed by atoms with E-state index in [0.717, 1.165) is 16.9 Å². The normalized spacial score (nSPS) is 11.7. The van der Waals surface area contributed by atoms with Crippen molar-refractivity contribution < 1.29 is 12.8 Å². The molecule has 0 radical (unpaired) electrons. The average molecular weight is 348 g/mol. The molecule has 3 rings (SSSR count). The van der Waals surface area contributed by atoms with Gasteiger partial charge in [0.2, 0.25) is 19.6 Å². The maximum Gasteiger partial charge on any atom is 0.233 e. The van der Waals surface area contributed by atoms with Crippen molar-refractivity contribution in [3.8, 4) is 10.6 Å². The fourth-order valence-electron chi connectivity index (χ4n) is 2.06. The molecule has 0 saturated heterocycles. The number of hydrogen-bond acceptors (Lipinski definition) is 7. The summed E-state index contributed by atoms with van der Waals surface area (Å²) in [6.07, 6.45) is 2.56. The second-order valence-electron chi connectivity index (χ2n) is 4.92. The Kier molecular flexibility index (Phi) is 3.87. The lowest BCUT2D eigenvalue weighted by Gasteiger charge is -2.00. The fourth-order valence-corrected chi connectivity index (χ4v) is 4.21. The van der Waals surface area contributed by atoms with Crippen LogP contribution in [0.5, 0.6) is 0 Å². The number of fused-ring (bicyclic) bond motifs is 1. The van der Waals surface area contributed by atoms with Crippen LogP contribution in [0, 0.1) is 6.92 Å². The molecular formula is C15H12N2O4S2. The van der Waals surface area contributed by atoms with Crippen molar-refractivity contribution in [3.63, 3.8) is 0 Å². The molecule has 2 aromatic heterocycles. The van der Waals surface area contributed by atoms with Crippen LogP contribution in [0.1, 0.15) is 5.56 Å². The highest BCUT2D eigenvalue weighted by molar-refractivity contribution is 7.93. The van der Waals surface area contributed by atoms with Crippen LogP contribution in [0.25, 0.3) is 21.5 Å². The molecule has 0 bridgehead atoms. The first kappa shape index (κ1) is 15.6. The zero-order valence-corrected chi connectivity index (χ0v) is 13.8. The monoisotopic (exact) mass is 348 g/mol. The van der Waals surface area contributed by atoms with E-state index in [-0.39, 0.29) is 26.1 Å². The highest BCUT2D eigenvalue weighted by Gasteiger charge is 2.21. The van der Waals surface area contributed by atoms with Crippen molar-refractivity contribution >= 4 is 32.1 Å². The van der Waals surface area contributed by atoms with Gasteiger partial charge in [-0.3, -0.25) is 4.79 Å². The van der Waals surface area contributed by atoms with Gasteiger partial charge in [-0.1, -0.05) is 29.0 Å². The molecule has 0 amide bonds. The third-order valence-corrected chi connectivity index (χ3v) is 6.22. The Hall–Kier alpha value is -2.32. The summed E-state index contributed by atoms with van der Waals surface area (Å²) in [5.41, 5.74) is 1.32. The molecule has 3 aromatic rings. The van der Waals surface area contributed by atoms with E-state index in [1.165, 1.54) is 12.3 Å².